The molecule has 2 aromatic heterocycles. The third-order valence-corrected chi connectivity index (χ3v) is 4.61. The maximum absolute atomic E-state index is 12.0. The fourth-order valence-electron chi connectivity index (χ4n) is 2.73. The molecular formula is C16H20N6O2S. The topological polar surface area (TPSA) is 109 Å². The van der Waals surface area contributed by atoms with Gasteiger partial charge in [0.05, 0.1) is 12.1 Å². The zero-order valence-corrected chi connectivity index (χ0v) is 14.5. The number of amides is 2. The van der Waals surface area contributed by atoms with Gasteiger partial charge in [0.1, 0.15) is 11.3 Å². The van der Waals surface area contributed by atoms with E-state index in [1.807, 2.05) is 0 Å². The summed E-state index contributed by atoms with van der Waals surface area (Å²) in [6.07, 6.45) is 7.19. The van der Waals surface area contributed by atoms with Crippen LogP contribution in [0.5, 0.6) is 0 Å². The normalized spacial score (nSPS) is 14.7. The van der Waals surface area contributed by atoms with E-state index in [4.69, 9.17) is 0 Å². The average Bonchev–Trinajstić information content (AvgIpc) is 3.14. The van der Waals surface area contributed by atoms with Gasteiger partial charge in [0.15, 0.2) is 0 Å². The molecule has 3 N–H and O–H groups in total. The lowest BCUT2D eigenvalue weighted by atomic mass is 9.95. The van der Waals surface area contributed by atoms with Crippen LogP contribution in [-0.4, -0.2) is 39.6 Å². The Morgan fingerprint density at radius 2 is 2.04 bits per heavy atom. The SMILES string of the molecule is O=C(CNc1ccc(C(=O)Nc2nncs2)cn1)NC1CCCCC1. The minimum atomic E-state index is -0.300. The van der Waals surface area contributed by atoms with Gasteiger partial charge in [0, 0.05) is 12.2 Å². The first kappa shape index (κ1) is 17.3. The maximum Gasteiger partial charge on any atom is 0.259 e. The van der Waals surface area contributed by atoms with Crippen LogP contribution in [0.2, 0.25) is 0 Å². The van der Waals surface area contributed by atoms with Gasteiger partial charge in [0.25, 0.3) is 5.91 Å². The second-order valence-corrected chi connectivity index (χ2v) is 6.72. The molecule has 9 heteroatoms. The summed E-state index contributed by atoms with van der Waals surface area (Å²) in [5.74, 6) is 0.212. The molecule has 2 heterocycles. The van der Waals surface area contributed by atoms with Crippen molar-refractivity contribution in [1.29, 1.82) is 0 Å². The Hall–Kier alpha value is -2.55. The summed E-state index contributed by atoms with van der Waals surface area (Å²) in [5, 5.41) is 16.5. The summed E-state index contributed by atoms with van der Waals surface area (Å²) in [4.78, 5) is 28.1. The van der Waals surface area contributed by atoms with Crippen LogP contribution >= 0.6 is 11.3 Å². The zero-order valence-electron chi connectivity index (χ0n) is 13.7. The van der Waals surface area contributed by atoms with Gasteiger partial charge in [-0.2, -0.15) is 0 Å². The number of hydrogen-bond acceptors (Lipinski definition) is 7. The van der Waals surface area contributed by atoms with Crippen molar-refractivity contribution in [3.8, 4) is 0 Å². The highest BCUT2D eigenvalue weighted by atomic mass is 32.1. The van der Waals surface area contributed by atoms with Crippen LogP contribution in [0.3, 0.4) is 0 Å². The van der Waals surface area contributed by atoms with Gasteiger partial charge in [-0.3, -0.25) is 14.9 Å². The smallest absolute Gasteiger partial charge is 0.259 e. The molecule has 0 spiro atoms. The number of pyridine rings is 1. The molecule has 0 unspecified atom stereocenters. The Bertz CT molecular complexity index is 698. The van der Waals surface area contributed by atoms with Gasteiger partial charge in [-0.15, -0.1) is 10.2 Å². The molecule has 132 valence electrons. The van der Waals surface area contributed by atoms with E-state index < -0.39 is 0 Å². The van der Waals surface area contributed by atoms with E-state index in [-0.39, 0.29) is 18.4 Å². The number of nitrogens with zero attached hydrogens (tertiary/aromatic N) is 3. The van der Waals surface area contributed by atoms with Crippen molar-refractivity contribution < 1.29 is 9.59 Å². The lowest BCUT2D eigenvalue weighted by molar-refractivity contribution is -0.120. The molecule has 1 aliphatic carbocycles. The summed E-state index contributed by atoms with van der Waals surface area (Å²) < 4.78 is 0. The molecule has 2 amide bonds. The van der Waals surface area contributed by atoms with E-state index in [9.17, 15) is 9.59 Å². The van der Waals surface area contributed by atoms with Crippen LogP contribution in [0.4, 0.5) is 10.9 Å². The van der Waals surface area contributed by atoms with Crippen LogP contribution in [0.15, 0.2) is 23.8 Å². The number of carbonyl (C=O) groups excluding carboxylic acids is 2. The summed E-state index contributed by atoms with van der Waals surface area (Å²) in [7, 11) is 0. The van der Waals surface area contributed by atoms with Crippen molar-refractivity contribution in [2.45, 2.75) is 38.1 Å². The van der Waals surface area contributed by atoms with Gasteiger partial charge in [-0.25, -0.2) is 4.98 Å². The van der Waals surface area contributed by atoms with Crippen molar-refractivity contribution in [2.24, 2.45) is 0 Å². The fraction of sp³-hybridized carbons (Fsp3) is 0.438. The van der Waals surface area contributed by atoms with E-state index in [0.717, 1.165) is 12.8 Å². The van der Waals surface area contributed by atoms with Crippen LogP contribution in [0.25, 0.3) is 0 Å². The number of anilines is 2. The quantitative estimate of drug-likeness (QED) is 0.727. The first-order valence-electron chi connectivity index (χ1n) is 8.27. The third kappa shape index (κ3) is 5.21. The molecule has 0 aliphatic heterocycles. The van der Waals surface area contributed by atoms with Crippen LogP contribution in [0, 0.1) is 0 Å². The van der Waals surface area contributed by atoms with Crippen molar-refractivity contribution in [2.75, 3.05) is 17.2 Å². The zero-order chi connectivity index (χ0) is 17.5. The minimum absolute atomic E-state index is 0.0354. The number of aromatic nitrogens is 3. The molecule has 1 saturated carbocycles. The van der Waals surface area contributed by atoms with Gasteiger partial charge >= 0.3 is 0 Å². The number of nitrogens with one attached hydrogen (secondary N) is 3. The Kier molecular flexibility index (Phi) is 5.89. The molecule has 0 bridgehead atoms. The molecule has 8 nitrogen and oxygen atoms in total. The van der Waals surface area contributed by atoms with Crippen molar-refractivity contribution in [1.82, 2.24) is 20.5 Å². The summed E-state index contributed by atoms with van der Waals surface area (Å²) in [6, 6.07) is 3.61. The van der Waals surface area contributed by atoms with Crippen molar-refractivity contribution in [3.05, 3.63) is 29.4 Å². The molecule has 2 aromatic rings. The Morgan fingerprint density at radius 1 is 1.20 bits per heavy atom. The first-order chi connectivity index (χ1) is 12.2. The average molecular weight is 360 g/mol. The standard InChI is InChI=1S/C16H20N6O2S/c23-14(20-12-4-2-1-3-5-12)9-18-13-7-6-11(8-17-13)15(24)21-16-22-19-10-25-16/h6-8,10,12H,1-5,9H2,(H,17,18)(H,20,23)(H,21,22,24). The van der Waals surface area contributed by atoms with Gasteiger partial charge in [-0.05, 0) is 25.0 Å². The number of carbonyl (C=O) groups is 2. The molecule has 1 aliphatic rings. The van der Waals surface area contributed by atoms with E-state index in [1.165, 1.54) is 36.8 Å². The highest BCUT2D eigenvalue weighted by molar-refractivity contribution is 7.13. The molecular weight excluding hydrogens is 340 g/mol. The molecule has 0 aromatic carbocycles. The number of hydrogen-bond donors (Lipinski definition) is 3. The second kappa shape index (κ2) is 8.52. The molecule has 0 atom stereocenters. The minimum Gasteiger partial charge on any atom is -0.361 e. The summed E-state index contributed by atoms with van der Waals surface area (Å²) >= 11 is 1.24. The Morgan fingerprint density at radius 3 is 2.72 bits per heavy atom. The lowest BCUT2D eigenvalue weighted by Gasteiger charge is -2.22. The molecule has 25 heavy (non-hydrogen) atoms. The van der Waals surface area contributed by atoms with E-state index in [0.29, 0.717) is 22.6 Å². The summed E-state index contributed by atoms with van der Waals surface area (Å²) in [6.45, 7) is 0.166. The van der Waals surface area contributed by atoms with E-state index in [2.05, 4.69) is 31.1 Å². The maximum atomic E-state index is 12.0. The second-order valence-electron chi connectivity index (χ2n) is 5.89. The van der Waals surface area contributed by atoms with Crippen molar-refractivity contribution in [3.63, 3.8) is 0 Å². The van der Waals surface area contributed by atoms with Crippen molar-refractivity contribution >= 4 is 34.1 Å². The van der Waals surface area contributed by atoms with Crippen LogP contribution in [-0.2, 0) is 4.79 Å². The molecule has 1 fully saturated rings. The highest BCUT2D eigenvalue weighted by Crippen LogP contribution is 2.17. The predicted octanol–water partition coefficient (Wildman–Crippen LogP) is 2.05. The Labute approximate surface area is 149 Å². The number of rotatable bonds is 6. The monoisotopic (exact) mass is 360 g/mol. The highest BCUT2D eigenvalue weighted by Gasteiger charge is 2.15. The van der Waals surface area contributed by atoms with Gasteiger partial charge < -0.3 is 10.6 Å². The van der Waals surface area contributed by atoms with Crippen LogP contribution in [0.1, 0.15) is 42.5 Å². The molecule has 0 radical (unpaired) electrons. The van der Waals surface area contributed by atoms with E-state index >= 15 is 0 Å². The third-order valence-electron chi connectivity index (χ3n) is 4.01. The Balaban J connectivity index is 1.45. The van der Waals surface area contributed by atoms with E-state index in [1.54, 1.807) is 17.6 Å². The summed E-state index contributed by atoms with van der Waals surface area (Å²) in [5.41, 5.74) is 1.95. The largest absolute Gasteiger partial charge is 0.361 e. The fourth-order valence-corrected chi connectivity index (χ4v) is 3.17. The molecule has 3 rings (SSSR count). The first-order valence-corrected chi connectivity index (χ1v) is 9.15. The molecule has 0 saturated heterocycles. The lowest BCUT2D eigenvalue weighted by Crippen LogP contribution is -2.39. The van der Waals surface area contributed by atoms with Gasteiger partial charge in [0.2, 0.25) is 11.0 Å². The van der Waals surface area contributed by atoms with Gasteiger partial charge in [-0.1, -0.05) is 30.6 Å². The predicted molar refractivity (Wildman–Crippen MR) is 95.6 cm³/mol. The van der Waals surface area contributed by atoms with Crippen LogP contribution < -0.4 is 16.0 Å².